The largest absolute Gasteiger partial charge is 0.378 e. The Kier molecular flexibility index (Phi) is 5.48. The number of carbonyl (C=O) groups is 1. The summed E-state index contributed by atoms with van der Waals surface area (Å²) in [6.45, 7) is 4.09. The molecule has 0 unspecified atom stereocenters. The third-order valence-corrected chi connectivity index (χ3v) is 5.64. The van der Waals surface area contributed by atoms with Crippen molar-refractivity contribution in [2.75, 3.05) is 31.2 Å². The van der Waals surface area contributed by atoms with E-state index >= 15 is 0 Å². The van der Waals surface area contributed by atoms with Gasteiger partial charge in [-0.05, 0) is 24.1 Å². The van der Waals surface area contributed by atoms with Gasteiger partial charge in [-0.2, -0.15) is 0 Å². The van der Waals surface area contributed by atoms with Crippen molar-refractivity contribution < 1.29 is 9.53 Å². The summed E-state index contributed by atoms with van der Waals surface area (Å²) in [5.74, 6) is 0.828. The zero-order valence-electron chi connectivity index (χ0n) is 14.8. The molecule has 0 aliphatic carbocycles. The predicted octanol–water partition coefficient (Wildman–Crippen LogP) is 3.10. The SMILES string of the molecule is O=C(CCc1ccc(Cl)c(Cl)c1)N1Cc2cnc(N3CCOCC3)nc2C1. The number of hydrogen-bond acceptors (Lipinski definition) is 5. The molecule has 1 saturated heterocycles. The predicted molar refractivity (Wildman–Crippen MR) is 104 cm³/mol. The number of halogens is 2. The van der Waals surface area contributed by atoms with Gasteiger partial charge in [-0.25, -0.2) is 9.97 Å². The van der Waals surface area contributed by atoms with E-state index in [0.717, 1.165) is 35.9 Å². The van der Waals surface area contributed by atoms with Crippen LogP contribution in [0.1, 0.15) is 23.2 Å². The molecule has 1 aromatic carbocycles. The highest BCUT2D eigenvalue weighted by Gasteiger charge is 2.26. The Morgan fingerprint density at radius 1 is 1.15 bits per heavy atom. The Balaban J connectivity index is 1.37. The topological polar surface area (TPSA) is 58.6 Å². The lowest BCUT2D eigenvalue weighted by Crippen LogP contribution is -2.37. The Labute approximate surface area is 168 Å². The molecule has 0 radical (unpaired) electrons. The minimum atomic E-state index is 0.104. The first kappa shape index (κ1) is 18.5. The van der Waals surface area contributed by atoms with Crippen LogP contribution in [0.25, 0.3) is 0 Å². The maximum absolute atomic E-state index is 12.6. The monoisotopic (exact) mass is 406 g/mol. The van der Waals surface area contributed by atoms with E-state index in [2.05, 4.69) is 14.9 Å². The smallest absolute Gasteiger partial charge is 0.225 e. The molecule has 4 rings (SSSR count). The minimum Gasteiger partial charge on any atom is -0.378 e. The second kappa shape index (κ2) is 8.00. The van der Waals surface area contributed by atoms with E-state index in [9.17, 15) is 4.79 Å². The first-order chi connectivity index (χ1) is 13.1. The van der Waals surface area contributed by atoms with Gasteiger partial charge in [0.1, 0.15) is 0 Å². The molecule has 27 heavy (non-hydrogen) atoms. The van der Waals surface area contributed by atoms with Crippen LogP contribution in [-0.4, -0.2) is 47.1 Å². The normalized spacial score (nSPS) is 16.5. The Hall–Kier alpha value is -1.89. The van der Waals surface area contributed by atoms with Gasteiger partial charge in [0.2, 0.25) is 11.9 Å². The lowest BCUT2D eigenvalue weighted by molar-refractivity contribution is -0.131. The minimum absolute atomic E-state index is 0.104. The fourth-order valence-corrected chi connectivity index (χ4v) is 3.66. The van der Waals surface area contributed by atoms with Crippen molar-refractivity contribution in [1.29, 1.82) is 0 Å². The molecule has 6 nitrogen and oxygen atoms in total. The van der Waals surface area contributed by atoms with Gasteiger partial charge < -0.3 is 14.5 Å². The number of benzene rings is 1. The van der Waals surface area contributed by atoms with Crippen molar-refractivity contribution in [2.45, 2.75) is 25.9 Å². The maximum Gasteiger partial charge on any atom is 0.225 e. The van der Waals surface area contributed by atoms with Gasteiger partial charge in [-0.1, -0.05) is 29.3 Å². The van der Waals surface area contributed by atoms with Crippen molar-refractivity contribution in [1.82, 2.24) is 14.9 Å². The molecule has 2 aromatic rings. The number of carbonyl (C=O) groups excluding carboxylic acids is 1. The number of anilines is 1. The lowest BCUT2D eigenvalue weighted by Gasteiger charge is -2.26. The number of fused-ring (bicyclic) bond motifs is 1. The fourth-order valence-electron chi connectivity index (χ4n) is 3.34. The molecular formula is C19H20Cl2N4O2. The molecule has 2 aliphatic heterocycles. The van der Waals surface area contributed by atoms with Gasteiger partial charge in [0, 0.05) is 37.8 Å². The second-order valence-corrected chi connectivity index (χ2v) is 7.55. The number of hydrogen-bond donors (Lipinski definition) is 0. The average Bonchev–Trinajstić information content (AvgIpc) is 3.13. The van der Waals surface area contributed by atoms with Crippen molar-refractivity contribution in [2.24, 2.45) is 0 Å². The van der Waals surface area contributed by atoms with E-state index in [1.807, 2.05) is 23.2 Å². The summed E-state index contributed by atoms with van der Waals surface area (Å²) in [5.41, 5.74) is 2.97. The molecule has 142 valence electrons. The molecule has 1 aromatic heterocycles. The van der Waals surface area contributed by atoms with Crippen LogP contribution in [0.2, 0.25) is 10.0 Å². The maximum atomic E-state index is 12.6. The van der Waals surface area contributed by atoms with Crippen LogP contribution >= 0.6 is 23.2 Å². The molecule has 1 fully saturated rings. The first-order valence-electron chi connectivity index (χ1n) is 8.99. The highest BCUT2D eigenvalue weighted by Crippen LogP contribution is 2.25. The number of aryl methyl sites for hydroxylation is 1. The van der Waals surface area contributed by atoms with Gasteiger partial charge in [0.05, 0.1) is 35.5 Å². The zero-order chi connectivity index (χ0) is 18.8. The molecular weight excluding hydrogens is 387 g/mol. The van der Waals surface area contributed by atoms with E-state index in [1.165, 1.54) is 0 Å². The quantitative estimate of drug-likeness (QED) is 0.780. The average molecular weight is 407 g/mol. The zero-order valence-corrected chi connectivity index (χ0v) is 16.3. The summed E-state index contributed by atoms with van der Waals surface area (Å²) >= 11 is 12.0. The molecule has 0 spiro atoms. The summed E-state index contributed by atoms with van der Waals surface area (Å²) in [7, 11) is 0. The van der Waals surface area contributed by atoms with E-state index in [-0.39, 0.29) is 5.91 Å². The summed E-state index contributed by atoms with van der Waals surface area (Å²) < 4.78 is 5.37. The summed E-state index contributed by atoms with van der Waals surface area (Å²) in [5, 5.41) is 1.04. The molecule has 2 aliphatic rings. The standard InChI is InChI=1S/C19H20Cl2N4O2/c20-15-3-1-13(9-16(15)21)2-4-18(26)25-11-14-10-22-19(23-17(14)12-25)24-5-7-27-8-6-24/h1,3,9-10H,2,4-8,11-12H2. The van der Waals surface area contributed by atoms with Crippen LogP contribution in [0, 0.1) is 0 Å². The van der Waals surface area contributed by atoms with Crippen molar-refractivity contribution >= 4 is 35.1 Å². The fraction of sp³-hybridized carbons (Fsp3) is 0.421. The van der Waals surface area contributed by atoms with Crippen LogP contribution in [0.4, 0.5) is 5.95 Å². The van der Waals surface area contributed by atoms with Crippen molar-refractivity contribution in [3.05, 3.63) is 51.3 Å². The number of rotatable bonds is 4. The van der Waals surface area contributed by atoms with E-state index in [0.29, 0.717) is 49.2 Å². The summed E-state index contributed by atoms with van der Waals surface area (Å²) in [6, 6.07) is 5.48. The molecule has 0 bridgehead atoms. The molecule has 0 N–H and O–H groups in total. The van der Waals surface area contributed by atoms with E-state index < -0.39 is 0 Å². The number of aromatic nitrogens is 2. The van der Waals surface area contributed by atoms with Gasteiger partial charge >= 0.3 is 0 Å². The number of nitrogens with zero attached hydrogens (tertiary/aromatic N) is 4. The van der Waals surface area contributed by atoms with Gasteiger partial charge in [-0.3, -0.25) is 4.79 Å². The van der Waals surface area contributed by atoms with Gasteiger partial charge in [0.15, 0.2) is 0 Å². The Morgan fingerprint density at radius 3 is 2.74 bits per heavy atom. The van der Waals surface area contributed by atoms with Crippen LogP contribution in [0.15, 0.2) is 24.4 Å². The molecule has 0 saturated carbocycles. The summed E-state index contributed by atoms with van der Waals surface area (Å²) in [6.07, 6.45) is 2.91. The summed E-state index contributed by atoms with van der Waals surface area (Å²) in [4.78, 5) is 25.7. The number of morpholine rings is 1. The molecule has 3 heterocycles. The van der Waals surface area contributed by atoms with Gasteiger partial charge in [-0.15, -0.1) is 0 Å². The number of amides is 1. The number of ether oxygens (including phenoxy) is 1. The van der Waals surface area contributed by atoms with Crippen LogP contribution in [-0.2, 0) is 29.0 Å². The third kappa shape index (κ3) is 4.18. The van der Waals surface area contributed by atoms with Crippen LogP contribution in [0.3, 0.4) is 0 Å². The van der Waals surface area contributed by atoms with Crippen LogP contribution < -0.4 is 4.90 Å². The highest BCUT2D eigenvalue weighted by atomic mass is 35.5. The highest BCUT2D eigenvalue weighted by molar-refractivity contribution is 6.42. The molecule has 1 amide bonds. The van der Waals surface area contributed by atoms with E-state index in [4.69, 9.17) is 27.9 Å². The molecule has 8 heteroatoms. The van der Waals surface area contributed by atoms with E-state index in [1.54, 1.807) is 6.07 Å². The van der Waals surface area contributed by atoms with Gasteiger partial charge in [0.25, 0.3) is 0 Å². The first-order valence-corrected chi connectivity index (χ1v) is 9.75. The second-order valence-electron chi connectivity index (χ2n) is 6.74. The van der Waals surface area contributed by atoms with Crippen LogP contribution in [0.5, 0.6) is 0 Å². The van der Waals surface area contributed by atoms with Crippen molar-refractivity contribution in [3.63, 3.8) is 0 Å². The molecule has 0 atom stereocenters. The lowest BCUT2D eigenvalue weighted by atomic mass is 10.1. The Bertz CT molecular complexity index is 856. The van der Waals surface area contributed by atoms with Crippen molar-refractivity contribution in [3.8, 4) is 0 Å². The third-order valence-electron chi connectivity index (χ3n) is 4.90. The Morgan fingerprint density at radius 2 is 1.96 bits per heavy atom.